The van der Waals surface area contributed by atoms with Gasteiger partial charge in [0.05, 0.1) is 22.1 Å². The van der Waals surface area contributed by atoms with Crippen LogP contribution < -0.4 is 9.80 Å². The van der Waals surface area contributed by atoms with Crippen LogP contribution in [0.1, 0.15) is 0 Å². The van der Waals surface area contributed by atoms with E-state index in [0.29, 0.717) is 0 Å². The van der Waals surface area contributed by atoms with Gasteiger partial charge >= 0.3 is 0 Å². The molecule has 0 aliphatic rings. The Morgan fingerprint density at radius 3 is 0.711 bits per heavy atom. The molecule has 0 fully saturated rings. The molecule has 4 aromatic heterocycles. The molecule has 4 heterocycles. The van der Waals surface area contributed by atoms with Crippen LogP contribution in [0.4, 0.5) is 34.1 Å². The van der Waals surface area contributed by atoms with Crippen molar-refractivity contribution in [3.8, 4) is 100 Å². The van der Waals surface area contributed by atoms with Crippen LogP contribution in [-0.4, -0.2) is 9.13 Å². The summed E-state index contributed by atoms with van der Waals surface area (Å²) in [5.74, 6) is 0. The van der Waals surface area contributed by atoms with E-state index in [2.05, 4.69) is 529 Å². The minimum absolute atomic E-state index is 0.895. The number of nitrogens with zero attached hydrogens (tertiary/aromatic N) is 4. The van der Waals surface area contributed by atoms with Crippen molar-refractivity contribution in [2.24, 2.45) is 0 Å². The summed E-state index contributed by atoms with van der Waals surface area (Å²) in [5.41, 5.74) is 35.8. The molecule has 142 heavy (non-hydrogen) atoms. The van der Waals surface area contributed by atoms with Crippen LogP contribution in [0.3, 0.4) is 0 Å². The number of aromatic nitrogens is 2. The van der Waals surface area contributed by atoms with Crippen LogP contribution in [0.25, 0.3) is 231 Å². The van der Waals surface area contributed by atoms with Gasteiger partial charge in [-0.1, -0.05) is 352 Å². The zero-order valence-corrected chi connectivity index (χ0v) is 77.4. The van der Waals surface area contributed by atoms with E-state index in [4.69, 9.17) is 8.83 Å². The van der Waals surface area contributed by atoms with Crippen LogP contribution in [0.2, 0.25) is 0 Å². The van der Waals surface area contributed by atoms with Gasteiger partial charge in [0.1, 0.15) is 22.3 Å². The summed E-state index contributed by atoms with van der Waals surface area (Å²) >= 11 is 0. The first-order valence-electron chi connectivity index (χ1n) is 48.6. The molecule has 0 N–H and O–H groups in total. The Bertz CT molecular complexity index is 9660. The molecule has 24 aromatic carbocycles. The molecule has 0 saturated heterocycles. The molecule has 0 aliphatic carbocycles. The SMILES string of the molecule is c1cc(-c2ccc(N(c3ccc(-c4ccc5c(c4)oc4ccccc45)cc3)c3cccc(-c4ccc5c(ccc6ccccc65)c4)c3)cc2)cc(-c2ccc(-n3c4ccccc4c4ccccc43)cc2)c1.c1cc(-c2ccc(N(c3ccc(-c4ccc5c(ccc6ccccc65)c4)cc3)c3ccc(-c4ccc5c(c4)oc4ccccc45)cc3)cc2)cc(-c2ccc(-n3c4ccccc4c4ccccc43)cc2)c1. The molecule has 0 unspecified atom stereocenters. The van der Waals surface area contributed by atoms with Crippen molar-refractivity contribution in [2.45, 2.75) is 0 Å². The number of hydrogen-bond donors (Lipinski definition) is 0. The Balaban J connectivity index is 0.000000142. The van der Waals surface area contributed by atoms with Crippen LogP contribution in [-0.2, 0) is 0 Å². The molecule has 28 rings (SSSR count). The van der Waals surface area contributed by atoms with Gasteiger partial charge in [-0.2, -0.15) is 0 Å². The fourth-order valence-electron chi connectivity index (χ4n) is 21.7. The van der Waals surface area contributed by atoms with E-state index in [1.165, 1.54) is 137 Å². The molecule has 28 aromatic rings. The number of hydrogen-bond acceptors (Lipinski definition) is 4. The third kappa shape index (κ3) is 14.8. The number of fused-ring (bicyclic) bond motifs is 18. The topological polar surface area (TPSA) is 42.6 Å². The third-order valence-electron chi connectivity index (χ3n) is 28.8. The van der Waals surface area contributed by atoms with Crippen molar-refractivity contribution in [1.29, 1.82) is 0 Å². The van der Waals surface area contributed by atoms with Crippen LogP contribution >= 0.6 is 0 Å². The largest absolute Gasteiger partial charge is 0.456 e. The van der Waals surface area contributed by atoms with Gasteiger partial charge in [-0.15, -0.1) is 0 Å². The van der Waals surface area contributed by atoms with Gasteiger partial charge < -0.3 is 27.8 Å². The molecule has 664 valence electrons. The Labute approximate surface area is 820 Å². The summed E-state index contributed by atoms with van der Waals surface area (Å²) < 4.78 is 17.3. The minimum Gasteiger partial charge on any atom is -0.456 e. The second-order valence-electron chi connectivity index (χ2n) is 37.0. The summed E-state index contributed by atoms with van der Waals surface area (Å²) in [5, 5.41) is 19.7. The molecule has 0 saturated carbocycles. The Kier molecular flexibility index (Phi) is 20.2. The normalized spacial score (nSPS) is 11.7. The van der Waals surface area contributed by atoms with Crippen molar-refractivity contribution in [2.75, 3.05) is 9.80 Å². The minimum atomic E-state index is 0.895. The van der Waals surface area contributed by atoms with E-state index in [1.54, 1.807) is 0 Å². The van der Waals surface area contributed by atoms with Gasteiger partial charge in [0, 0.05) is 88.6 Å². The molecule has 6 nitrogen and oxygen atoms in total. The predicted molar refractivity (Wildman–Crippen MR) is 599 cm³/mol. The van der Waals surface area contributed by atoms with Crippen LogP contribution in [0, 0.1) is 0 Å². The van der Waals surface area contributed by atoms with Crippen LogP contribution in [0.5, 0.6) is 0 Å². The average molecular weight is 1810 g/mol. The van der Waals surface area contributed by atoms with Crippen molar-refractivity contribution >= 4 is 165 Å². The molecule has 0 radical (unpaired) electrons. The van der Waals surface area contributed by atoms with Gasteiger partial charge in [0.2, 0.25) is 0 Å². The monoisotopic (exact) mass is 1810 g/mol. The van der Waals surface area contributed by atoms with Crippen molar-refractivity contribution in [3.63, 3.8) is 0 Å². The van der Waals surface area contributed by atoms with Crippen molar-refractivity contribution in [1.82, 2.24) is 9.13 Å². The summed E-state index contributed by atoms with van der Waals surface area (Å²) in [4.78, 5) is 4.71. The van der Waals surface area contributed by atoms with Gasteiger partial charge in [0.25, 0.3) is 0 Å². The number of anilines is 6. The van der Waals surface area contributed by atoms with Crippen molar-refractivity contribution < 1.29 is 8.83 Å². The molecule has 0 aliphatic heterocycles. The highest BCUT2D eigenvalue weighted by Gasteiger charge is 2.22. The van der Waals surface area contributed by atoms with E-state index in [1.807, 2.05) is 24.3 Å². The highest BCUT2D eigenvalue weighted by molar-refractivity contribution is 6.14. The molecule has 0 amide bonds. The van der Waals surface area contributed by atoms with E-state index >= 15 is 0 Å². The summed E-state index contributed by atoms with van der Waals surface area (Å²) in [6, 6.07) is 193. The Morgan fingerprint density at radius 1 is 0.127 bits per heavy atom. The number of rotatable bonds is 16. The lowest BCUT2D eigenvalue weighted by molar-refractivity contribution is 0.668. The van der Waals surface area contributed by atoms with E-state index in [0.717, 1.165) is 128 Å². The van der Waals surface area contributed by atoms with Gasteiger partial charge in [-0.05, 0) is 314 Å². The molecule has 0 bridgehead atoms. The van der Waals surface area contributed by atoms with E-state index in [-0.39, 0.29) is 0 Å². The lowest BCUT2D eigenvalue weighted by Crippen LogP contribution is -2.10. The fourth-order valence-corrected chi connectivity index (χ4v) is 21.7. The molecule has 6 heteroatoms. The summed E-state index contributed by atoms with van der Waals surface area (Å²) in [7, 11) is 0. The third-order valence-corrected chi connectivity index (χ3v) is 28.8. The average Bonchev–Trinajstić information content (AvgIpc) is 1.06. The van der Waals surface area contributed by atoms with Crippen molar-refractivity contribution in [3.05, 3.63) is 534 Å². The highest BCUT2D eigenvalue weighted by atomic mass is 16.3. The number of para-hydroxylation sites is 6. The van der Waals surface area contributed by atoms with E-state index in [9.17, 15) is 0 Å². The standard InChI is InChI=1S/2C68H44N2O/c1-2-16-59-48(11-1)23-24-54-42-52(31-39-60(54)59)51-14-10-15-58(43-51)69(56-35-27-47(28-36-56)53-32-40-64-63-19-5-8-22-67(63)71-68(64)44-53)55-33-25-45(26-34-55)49-12-9-13-50(41-49)46-29-37-57(38-30-46)70-65-20-6-3-17-61(65)62-18-4-7-21-66(62)70;1-2-13-59-49(10-1)20-21-54-43-52(30-40-60(54)59)47-24-34-56(35-25-47)69(57-36-26-48(27-37-57)53-31-41-64-63-16-5-8-19-67(63)71-68(64)44-53)55-32-22-45(23-33-55)50-11-9-12-51(42-50)46-28-38-58(39-29-46)70-65-17-6-3-14-61(65)62-15-4-7-18-66(62)70/h2*1-44H. The first kappa shape index (κ1) is 82.6. The second-order valence-corrected chi connectivity index (χ2v) is 37.0. The highest BCUT2D eigenvalue weighted by Crippen LogP contribution is 2.46. The van der Waals surface area contributed by atoms with Gasteiger partial charge in [-0.3, -0.25) is 0 Å². The summed E-state index contributed by atoms with van der Waals surface area (Å²) in [6.07, 6.45) is 0. The zero-order chi connectivity index (χ0) is 93.7. The smallest absolute Gasteiger partial charge is 0.136 e. The molecule has 0 atom stereocenters. The van der Waals surface area contributed by atoms with Gasteiger partial charge in [-0.25, -0.2) is 0 Å². The fraction of sp³-hybridized carbons (Fsp3) is 0. The van der Waals surface area contributed by atoms with E-state index < -0.39 is 0 Å². The first-order valence-corrected chi connectivity index (χ1v) is 48.6. The molecular formula is C136H88N4O2. The lowest BCUT2D eigenvalue weighted by atomic mass is 9.97. The number of benzene rings is 24. The predicted octanol–water partition coefficient (Wildman–Crippen LogP) is 38.3. The summed E-state index contributed by atoms with van der Waals surface area (Å²) in [6.45, 7) is 0. The van der Waals surface area contributed by atoms with Gasteiger partial charge in [0.15, 0.2) is 0 Å². The Morgan fingerprint density at radius 2 is 0.359 bits per heavy atom. The zero-order valence-electron chi connectivity index (χ0n) is 77.4. The Hall–Kier alpha value is -18.9. The maximum absolute atomic E-state index is 6.28. The lowest BCUT2D eigenvalue weighted by Gasteiger charge is -2.26. The maximum Gasteiger partial charge on any atom is 0.136 e. The maximum atomic E-state index is 6.28. The van der Waals surface area contributed by atoms with Crippen LogP contribution in [0.15, 0.2) is 543 Å². The second kappa shape index (κ2) is 34.7. The quantitative estimate of drug-likeness (QED) is 0.0904. The first-order chi connectivity index (χ1) is 70.3. The molecule has 0 spiro atoms. The number of furan rings is 2. The molecular weight excluding hydrogens is 1720 g/mol.